The molecule has 0 spiro atoms. The first-order valence-corrected chi connectivity index (χ1v) is 8.77. The molecule has 5 heteroatoms. The van der Waals surface area contributed by atoms with Gasteiger partial charge in [-0.3, -0.25) is 4.98 Å². The second-order valence-electron chi connectivity index (χ2n) is 6.56. The third-order valence-electron chi connectivity index (χ3n) is 4.28. The highest BCUT2D eigenvalue weighted by Crippen LogP contribution is 2.23. The minimum Gasteiger partial charge on any atom is -0.367 e. The van der Waals surface area contributed by atoms with Crippen molar-refractivity contribution in [3.05, 3.63) is 78.2 Å². The lowest BCUT2D eigenvalue weighted by atomic mass is 10.1. The number of pyridine rings is 1. The minimum absolute atomic E-state index is 0.234. The zero-order valence-electron chi connectivity index (χ0n) is 14.9. The van der Waals surface area contributed by atoms with Crippen molar-refractivity contribution in [2.75, 3.05) is 5.32 Å². The Labute approximate surface area is 152 Å². The predicted octanol–water partition coefficient (Wildman–Crippen LogP) is 4.14. The molecule has 0 radical (unpaired) electrons. The highest BCUT2D eigenvalue weighted by atomic mass is 15.3. The van der Waals surface area contributed by atoms with E-state index in [1.165, 1.54) is 5.56 Å². The van der Waals surface area contributed by atoms with Crippen molar-refractivity contribution in [3.8, 4) is 11.3 Å². The fourth-order valence-electron chi connectivity index (χ4n) is 3.12. The summed E-state index contributed by atoms with van der Waals surface area (Å²) in [7, 11) is 0. The van der Waals surface area contributed by atoms with E-state index in [9.17, 15) is 0 Å². The Bertz CT molecular complexity index is 1010. The monoisotopic (exact) mass is 343 g/mol. The summed E-state index contributed by atoms with van der Waals surface area (Å²) < 4.78 is 1.88. The number of aromatic nitrogens is 4. The maximum Gasteiger partial charge on any atom is 0.158 e. The van der Waals surface area contributed by atoms with Gasteiger partial charge in [-0.15, -0.1) is 0 Å². The van der Waals surface area contributed by atoms with Gasteiger partial charge < -0.3 is 5.32 Å². The van der Waals surface area contributed by atoms with Crippen molar-refractivity contribution in [1.29, 1.82) is 0 Å². The molecule has 5 nitrogen and oxygen atoms in total. The first-order valence-electron chi connectivity index (χ1n) is 8.77. The van der Waals surface area contributed by atoms with E-state index in [1.807, 2.05) is 48.0 Å². The second kappa shape index (κ2) is 6.96. The Morgan fingerprint density at radius 3 is 2.69 bits per heavy atom. The molecule has 0 saturated heterocycles. The third kappa shape index (κ3) is 3.42. The van der Waals surface area contributed by atoms with Crippen LogP contribution in [0.5, 0.6) is 0 Å². The highest BCUT2D eigenvalue weighted by Gasteiger charge is 2.12. The van der Waals surface area contributed by atoms with Crippen LogP contribution in [0.4, 0.5) is 5.82 Å². The molecule has 0 aliphatic rings. The van der Waals surface area contributed by atoms with Gasteiger partial charge in [0, 0.05) is 36.1 Å². The molecule has 3 heterocycles. The largest absolute Gasteiger partial charge is 0.367 e. The molecule has 3 aromatic heterocycles. The molecule has 4 rings (SSSR count). The average Bonchev–Trinajstić information content (AvgIpc) is 3.04. The summed E-state index contributed by atoms with van der Waals surface area (Å²) in [5, 5.41) is 8.18. The molecule has 1 aromatic carbocycles. The molecule has 0 saturated carbocycles. The number of nitrogens with one attached hydrogen (secondary N) is 1. The molecule has 1 atom stereocenters. The van der Waals surface area contributed by atoms with Crippen molar-refractivity contribution >= 4 is 11.5 Å². The van der Waals surface area contributed by atoms with Gasteiger partial charge in [0.25, 0.3) is 0 Å². The molecule has 0 amide bonds. The Hall–Kier alpha value is -3.21. The van der Waals surface area contributed by atoms with E-state index in [2.05, 4.69) is 46.6 Å². The molecule has 0 fully saturated rings. The van der Waals surface area contributed by atoms with E-state index >= 15 is 0 Å². The molecule has 0 unspecified atom stereocenters. The van der Waals surface area contributed by atoms with E-state index < -0.39 is 0 Å². The summed E-state index contributed by atoms with van der Waals surface area (Å²) in [6.07, 6.45) is 4.60. The summed E-state index contributed by atoms with van der Waals surface area (Å²) in [5.41, 5.74) is 5.04. The Morgan fingerprint density at radius 1 is 1.08 bits per heavy atom. The number of hydrogen-bond donors (Lipinski definition) is 1. The van der Waals surface area contributed by atoms with Crippen LogP contribution < -0.4 is 5.32 Å². The van der Waals surface area contributed by atoms with Crippen molar-refractivity contribution in [2.45, 2.75) is 26.3 Å². The molecule has 130 valence electrons. The lowest BCUT2D eigenvalue weighted by molar-refractivity contribution is 0.767. The van der Waals surface area contributed by atoms with Crippen LogP contribution in [0, 0.1) is 6.92 Å². The van der Waals surface area contributed by atoms with Crippen LogP contribution in [-0.4, -0.2) is 25.6 Å². The third-order valence-corrected chi connectivity index (χ3v) is 4.28. The fourth-order valence-corrected chi connectivity index (χ4v) is 3.12. The van der Waals surface area contributed by atoms with Crippen LogP contribution in [-0.2, 0) is 6.42 Å². The normalized spacial score (nSPS) is 12.2. The number of benzene rings is 1. The standard InChI is InChI=1S/C21H21N5/c1-15(11-17-7-6-10-22-14-17)23-21-13-19(18-8-4-3-5-9-18)24-20-12-16(2)25-26(20)21/h3-10,12-15,23H,11H2,1-2H3/t15-/m1/s1. The van der Waals surface area contributed by atoms with Gasteiger partial charge in [-0.25, -0.2) is 4.98 Å². The van der Waals surface area contributed by atoms with Crippen LogP contribution in [0.2, 0.25) is 0 Å². The molecule has 4 aromatic rings. The molecule has 0 aliphatic carbocycles. The van der Waals surface area contributed by atoms with E-state index in [0.29, 0.717) is 0 Å². The van der Waals surface area contributed by atoms with Crippen LogP contribution in [0.25, 0.3) is 16.9 Å². The van der Waals surface area contributed by atoms with Gasteiger partial charge in [0.15, 0.2) is 5.65 Å². The quantitative estimate of drug-likeness (QED) is 0.592. The van der Waals surface area contributed by atoms with Gasteiger partial charge in [-0.1, -0.05) is 36.4 Å². The summed E-state index contributed by atoms with van der Waals surface area (Å²) in [6.45, 7) is 4.15. The number of aryl methyl sites for hydroxylation is 1. The molecular weight excluding hydrogens is 322 g/mol. The van der Waals surface area contributed by atoms with Crippen molar-refractivity contribution < 1.29 is 0 Å². The first-order chi connectivity index (χ1) is 12.7. The molecular formula is C21H21N5. The smallest absolute Gasteiger partial charge is 0.158 e. The van der Waals surface area contributed by atoms with E-state index in [4.69, 9.17) is 4.98 Å². The maximum absolute atomic E-state index is 4.77. The molecule has 1 N–H and O–H groups in total. The van der Waals surface area contributed by atoms with Crippen molar-refractivity contribution in [2.24, 2.45) is 0 Å². The summed E-state index contributed by atoms with van der Waals surface area (Å²) >= 11 is 0. The van der Waals surface area contributed by atoms with Crippen LogP contribution in [0.1, 0.15) is 18.2 Å². The van der Waals surface area contributed by atoms with Gasteiger partial charge in [-0.05, 0) is 31.9 Å². The number of fused-ring (bicyclic) bond motifs is 1. The topological polar surface area (TPSA) is 55.1 Å². The number of nitrogens with zero attached hydrogens (tertiary/aromatic N) is 4. The van der Waals surface area contributed by atoms with E-state index in [-0.39, 0.29) is 6.04 Å². The van der Waals surface area contributed by atoms with Crippen LogP contribution >= 0.6 is 0 Å². The van der Waals surface area contributed by atoms with Gasteiger partial charge >= 0.3 is 0 Å². The van der Waals surface area contributed by atoms with Gasteiger partial charge in [0.2, 0.25) is 0 Å². The zero-order valence-corrected chi connectivity index (χ0v) is 14.9. The maximum atomic E-state index is 4.77. The number of rotatable bonds is 5. The van der Waals surface area contributed by atoms with Gasteiger partial charge in [0.1, 0.15) is 5.82 Å². The van der Waals surface area contributed by atoms with Gasteiger partial charge in [-0.2, -0.15) is 9.61 Å². The molecule has 26 heavy (non-hydrogen) atoms. The average molecular weight is 343 g/mol. The summed E-state index contributed by atoms with van der Waals surface area (Å²) in [5.74, 6) is 0.943. The van der Waals surface area contributed by atoms with Gasteiger partial charge in [0.05, 0.1) is 11.4 Å². The number of anilines is 1. The summed E-state index contributed by atoms with van der Waals surface area (Å²) in [4.78, 5) is 8.97. The Balaban J connectivity index is 1.68. The summed E-state index contributed by atoms with van der Waals surface area (Å²) in [6, 6.07) is 18.6. The van der Waals surface area contributed by atoms with Crippen LogP contribution in [0.15, 0.2) is 67.0 Å². The molecule has 0 bridgehead atoms. The molecule has 0 aliphatic heterocycles. The second-order valence-corrected chi connectivity index (χ2v) is 6.56. The number of hydrogen-bond acceptors (Lipinski definition) is 4. The lowest BCUT2D eigenvalue weighted by Crippen LogP contribution is -2.20. The SMILES string of the molecule is Cc1cc2nc(-c3ccccc3)cc(N[C@H](C)Cc3cccnc3)n2n1. The highest BCUT2D eigenvalue weighted by molar-refractivity contribution is 5.66. The first kappa shape index (κ1) is 16.3. The van der Waals surface area contributed by atoms with Crippen LogP contribution in [0.3, 0.4) is 0 Å². The van der Waals surface area contributed by atoms with Crippen molar-refractivity contribution in [3.63, 3.8) is 0 Å². The lowest BCUT2D eigenvalue weighted by Gasteiger charge is -2.17. The minimum atomic E-state index is 0.234. The van der Waals surface area contributed by atoms with Crippen molar-refractivity contribution in [1.82, 2.24) is 19.6 Å². The Morgan fingerprint density at radius 2 is 1.92 bits per heavy atom. The zero-order chi connectivity index (χ0) is 17.9. The fraction of sp³-hybridized carbons (Fsp3) is 0.190. The van der Waals surface area contributed by atoms with E-state index in [0.717, 1.165) is 34.8 Å². The van der Waals surface area contributed by atoms with E-state index in [1.54, 1.807) is 6.20 Å². The Kier molecular flexibility index (Phi) is 4.35. The predicted molar refractivity (Wildman–Crippen MR) is 104 cm³/mol.